The number of carbonyl (C=O) groups is 2. The highest BCUT2D eigenvalue weighted by Crippen LogP contribution is 2.16. The predicted octanol–water partition coefficient (Wildman–Crippen LogP) is 2.78. The van der Waals surface area contributed by atoms with Crippen molar-refractivity contribution in [2.24, 2.45) is 5.73 Å². The second-order valence-corrected chi connectivity index (χ2v) is 6.10. The number of nitrogens with zero attached hydrogens (tertiary/aromatic N) is 2. The molecule has 0 saturated heterocycles. The van der Waals surface area contributed by atoms with Crippen LogP contribution in [-0.2, 0) is 16.1 Å². The lowest BCUT2D eigenvalue weighted by Gasteiger charge is -2.08. The number of nitrogens with one attached hydrogen (secondary N) is 1. The molecule has 3 N–H and O–H groups in total. The molecule has 7 nitrogen and oxygen atoms in total. The van der Waals surface area contributed by atoms with Crippen LogP contribution < -0.4 is 11.1 Å². The number of rotatable bonds is 7. The standard InChI is InChI=1S/C19H17ClN4O3/c20-16-4-2-1-3-13(16)11-27-12-18(25)22-14-5-7-15(8-6-14)24-10-9-17(23-24)19(21)26/h1-10H,11-12H2,(H2,21,26)(H,22,25). The molecule has 27 heavy (non-hydrogen) atoms. The number of hydrogen-bond donors (Lipinski definition) is 2. The van der Waals surface area contributed by atoms with E-state index in [0.29, 0.717) is 10.7 Å². The van der Waals surface area contributed by atoms with Crippen molar-refractivity contribution in [2.75, 3.05) is 11.9 Å². The monoisotopic (exact) mass is 384 g/mol. The van der Waals surface area contributed by atoms with E-state index in [1.807, 2.05) is 18.2 Å². The van der Waals surface area contributed by atoms with E-state index >= 15 is 0 Å². The Morgan fingerprint density at radius 2 is 1.85 bits per heavy atom. The van der Waals surface area contributed by atoms with E-state index < -0.39 is 5.91 Å². The van der Waals surface area contributed by atoms with Crippen LogP contribution in [0, 0.1) is 0 Å². The van der Waals surface area contributed by atoms with E-state index in [1.165, 1.54) is 10.7 Å². The highest BCUT2D eigenvalue weighted by Gasteiger charge is 2.07. The molecule has 3 rings (SSSR count). The van der Waals surface area contributed by atoms with Crippen molar-refractivity contribution >= 4 is 29.1 Å². The quantitative estimate of drug-likeness (QED) is 0.654. The van der Waals surface area contributed by atoms with Crippen molar-refractivity contribution in [3.63, 3.8) is 0 Å². The van der Waals surface area contributed by atoms with Gasteiger partial charge in [0.2, 0.25) is 5.91 Å². The van der Waals surface area contributed by atoms with Crippen LogP contribution >= 0.6 is 11.6 Å². The Morgan fingerprint density at radius 1 is 1.11 bits per heavy atom. The van der Waals surface area contributed by atoms with Crippen LogP contribution in [0.1, 0.15) is 16.1 Å². The van der Waals surface area contributed by atoms with Crippen molar-refractivity contribution < 1.29 is 14.3 Å². The van der Waals surface area contributed by atoms with E-state index in [1.54, 1.807) is 36.5 Å². The Morgan fingerprint density at radius 3 is 2.52 bits per heavy atom. The van der Waals surface area contributed by atoms with Crippen molar-refractivity contribution in [2.45, 2.75) is 6.61 Å². The molecule has 0 saturated carbocycles. The molecular weight excluding hydrogens is 368 g/mol. The minimum Gasteiger partial charge on any atom is -0.367 e. The average molecular weight is 385 g/mol. The van der Waals surface area contributed by atoms with Crippen LogP contribution in [0.3, 0.4) is 0 Å². The van der Waals surface area contributed by atoms with Crippen molar-refractivity contribution in [3.8, 4) is 5.69 Å². The van der Waals surface area contributed by atoms with Gasteiger partial charge in [-0.1, -0.05) is 29.8 Å². The summed E-state index contributed by atoms with van der Waals surface area (Å²) in [4.78, 5) is 23.1. The minimum atomic E-state index is -0.588. The molecule has 0 unspecified atom stereocenters. The zero-order valence-electron chi connectivity index (χ0n) is 14.3. The third kappa shape index (κ3) is 4.93. The smallest absolute Gasteiger partial charge is 0.269 e. The van der Waals surface area contributed by atoms with Gasteiger partial charge >= 0.3 is 0 Å². The first-order valence-corrected chi connectivity index (χ1v) is 8.47. The van der Waals surface area contributed by atoms with Gasteiger partial charge in [-0.25, -0.2) is 4.68 Å². The van der Waals surface area contributed by atoms with Crippen LogP contribution in [0.4, 0.5) is 5.69 Å². The van der Waals surface area contributed by atoms with E-state index in [0.717, 1.165) is 11.3 Å². The first kappa shape index (κ1) is 18.6. The lowest BCUT2D eigenvalue weighted by Crippen LogP contribution is -2.18. The van der Waals surface area contributed by atoms with Gasteiger partial charge in [0.1, 0.15) is 12.3 Å². The normalized spacial score (nSPS) is 10.6. The van der Waals surface area contributed by atoms with Crippen LogP contribution in [0.25, 0.3) is 5.69 Å². The Balaban J connectivity index is 1.52. The average Bonchev–Trinajstić information content (AvgIpc) is 3.14. The summed E-state index contributed by atoms with van der Waals surface area (Å²) in [5, 5.41) is 7.42. The largest absolute Gasteiger partial charge is 0.367 e. The fraction of sp³-hybridized carbons (Fsp3) is 0.105. The van der Waals surface area contributed by atoms with E-state index in [9.17, 15) is 9.59 Å². The summed E-state index contributed by atoms with van der Waals surface area (Å²) in [5.41, 5.74) is 7.55. The van der Waals surface area contributed by atoms with Crippen LogP contribution in [0.5, 0.6) is 0 Å². The molecule has 0 atom stereocenters. The minimum absolute atomic E-state index is 0.0892. The van der Waals surface area contributed by atoms with Gasteiger partial charge in [0.05, 0.1) is 12.3 Å². The van der Waals surface area contributed by atoms with Gasteiger partial charge in [-0.3, -0.25) is 9.59 Å². The summed E-state index contributed by atoms with van der Waals surface area (Å²) in [6, 6.07) is 15.8. The number of ether oxygens (including phenoxy) is 1. The second-order valence-electron chi connectivity index (χ2n) is 5.69. The van der Waals surface area contributed by atoms with Gasteiger partial charge in [0.25, 0.3) is 5.91 Å². The first-order chi connectivity index (χ1) is 13.0. The molecule has 3 aromatic rings. The maximum Gasteiger partial charge on any atom is 0.269 e. The van der Waals surface area contributed by atoms with Gasteiger partial charge in [-0.15, -0.1) is 0 Å². The molecule has 8 heteroatoms. The SMILES string of the molecule is NC(=O)c1ccn(-c2ccc(NC(=O)COCc3ccccc3Cl)cc2)n1. The first-order valence-electron chi connectivity index (χ1n) is 8.10. The van der Waals surface area contributed by atoms with E-state index in [2.05, 4.69) is 10.4 Å². The van der Waals surface area contributed by atoms with E-state index in [-0.39, 0.29) is 24.8 Å². The molecule has 0 spiro atoms. The molecule has 2 aromatic carbocycles. The maximum absolute atomic E-state index is 12.0. The van der Waals surface area contributed by atoms with Gasteiger partial charge in [0.15, 0.2) is 0 Å². The van der Waals surface area contributed by atoms with Crippen LogP contribution in [-0.4, -0.2) is 28.2 Å². The van der Waals surface area contributed by atoms with Gasteiger partial charge in [-0.2, -0.15) is 5.10 Å². The lowest BCUT2D eigenvalue weighted by molar-refractivity contribution is -0.121. The third-order valence-corrected chi connectivity index (χ3v) is 4.07. The Kier molecular flexibility index (Phi) is 5.85. The lowest BCUT2D eigenvalue weighted by atomic mass is 10.2. The van der Waals surface area contributed by atoms with Crippen molar-refractivity contribution in [1.82, 2.24) is 9.78 Å². The number of benzene rings is 2. The molecule has 0 bridgehead atoms. The summed E-state index contributed by atoms with van der Waals surface area (Å²) < 4.78 is 6.92. The Hall–Kier alpha value is -3.16. The highest BCUT2D eigenvalue weighted by atomic mass is 35.5. The molecule has 0 aliphatic heterocycles. The number of hydrogen-bond acceptors (Lipinski definition) is 4. The zero-order valence-corrected chi connectivity index (χ0v) is 15.0. The number of aromatic nitrogens is 2. The molecule has 0 radical (unpaired) electrons. The summed E-state index contributed by atoms with van der Waals surface area (Å²) in [5.74, 6) is -0.862. The predicted molar refractivity (Wildman–Crippen MR) is 102 cm³/mol. The van der Waals surface area contributed by atoms with Crippen molar-refractivity contribution in [3.05, 3.63) is 77.1 Å². The highest BCUT2D eigenvalue weighted by molar-refractivity contribution is 6.31. The van der Waals surface area contributed by atoms with E-state index in [4.69, 9.17) is 22.1 Å². The topological polar surface area (TPSA) is 99.2 Å². The molecule has 0 fully saturated rings. The number of amides is 2. The van der Waals surface area contributed by atoms with Crippen LogP contribution in [0.15, 0.2) is 60.8 Å². The summed E-state index contributed by atoms with van der Waals surface area (Å²) in [6.07, 6.45) is 1.64. The molecule has 0 aliphatic carbocycles. The maximum atomic E-state index is 12.0. The van der Waals surface area contributed by atoms with Gasteiger partial charge in [-0.05, 0) is 42.0 Å². The zero-order chi connectivity index (χ0) is 19.2. The number of nitrogens with two attached hydrogens (primary N) is 1. The third-order valence-electron chi connectivity index (χ3n) is 3.71. The molecule has 0 aliphatic rings. The second kappa shape index (κ2) is 8.48. The fourth-order valence-electron chi connectivity index (χ4n) is 2.36. The Labute approximate surface area is 160 Å². The number of primary amides is 1. The molecule has 1 heterocycles. The van der Waals surface area contributed by atoms with Gasteiger partial charge < -0.3 is 15.8 Å². The number of carbonyl (C=O) groups excluding carboxylic acids is 2. The summed E-state index contributed by atoms with van der Waals surface area (Å²) in [7, 11) is 0. The number of anilines is 1. The summed E-state index contributed by atoms with van der Waals surface area (Å²) >= 11 is 6.04. The molecule has 2 amide bonds. The summed E-state index contributed by atoms with van der Waals surface area (Å²) in [6.45, 7) is 0.168. The van der Waals surface area contributed by atoms with Crippen molar-refractivity contribution in [1.29, 1.82) is 0 Å². The molecule has 138 valence electrons. The fourth-order valence-corrected chi connectivity index (χ4v) is 2.55. The van der Waals surface area contributed by atoms with Crippen LogP contribution in [0.2, 0.25) is 5.02 Å². The molecule has 1 aromatic heterocycles. The van der Waals surface area contributed by atoms with Gasteiger partial charge in [0, 0.05) is 16.9 Å². The number of halogens is 1. The molecular formula is C19H17ClN4O3. The Bertz CT molecular complexity index is 954.